The highest BCUT2D eigenvalue weighted by molar-refractivity contribution is 5.85. The third-order valence-electron chi connectivity index (χ3n) is 1.88. The van der Waals surface area contributed by atoms with Gasteiger partial charge in [0.15, 0.2) is 0 Å². The van der Waals surface area contributed by atoms with Crippen molar-refractivity contribution in [1.82, 2.24) is 0 Å². The quantitative estimate of drug-likeness (QED) is 0.394. The zero-order valence-electron chi connectivity index (χ0n) is 9.34. The van der Waals surface area contributed by atoms with Crippen LogP contribution in [-0.2, 0) is 4.79 Å². The van der Waals surface area contributed by atoms with Crippen molar-refractivity contribution in [1.29, 1.82) is 0 Å². The molecule has 0 saturated carbocycles. The first-order valence-corrected chi connectivity index (χ1v) is 4.92. The molecule has 82 valence electrons. The maximum absolute atomic E-state index is 10.4. The predicted octanol–water partition coefficient (Wildman–Crippen LogP) is 1.05. The van der Waals surface area contributed by atoms with E-state index in [9.17, 15) is 4.79 Å². The number of carbonyl (C=O) groups excluding carboxylic acids is 1. The van der Waals surface area contributed by atoms with Crippen molar-refractivity contribution in [3.63, 3.8) is 0 Å². The van der Waals surface area contributed by atoms with Gasteiger partial charge in [0, 0.05) is 18.4 Å². The van der Waals surface area contributed by atoms with Crippen LogP contribution in [-0.4, -0.2) is 18.3 Å². The molecule has 0 heterocycles. The van der Waals surface area contributed by atoms with Gasteiger partial charge in [-0.25, -0.2) is 0 Å². The first-order valence-electron chi connectivity index (χ1n) is 4.92. The fourth-order valence-corrected chi connectivity index (χ4v) is 0.848. The van der Waals surface area contributed by atoms with Crippen LogP contribution >= 0.6 is 0 Å². The Balaban J connectivity index is 3.67. The van der Waals surface area contributed by atoms with Crippen LogP contribution in [0.3, 0.4) is 0 Å². The van der Waals surface area contributed by atoms with Crippen molar-refractivity contribution < 1.29 is 4.79 Å². The Morgan fingerprint density at radius 3 is 2.21 bits per heavy atom. The highest BCUT2D eigenvalue weighted by atomic mass is 16.1. The number of aliphatic imine (C=N–C) groups is 1. The van der Waals surface area contributed by atoms with Gasteiger partial charge >= 0.3 is 0 Å². The lowest BCUT2D eigenvalue weighted by molar-refractivity contribution is -0.118. The average Bonchev–Trinajstić information content (AvgIpc) is 2.01. The van der Waals surface area contributed by atoms with E-state index >= 15 is 0 Å². The van der Waals surface area contributed by atoms with Gasteiger partial charge in [-0.15, -0.1) is 0 Å². The second-order valence-corrected chi connectivity index (χ2v) is 4.44. The fraction of sp³-hybridized carbons (Fsp3) is 0.800. The van der Waals surface area contributed by atoms with Gasteiger partial charge in [-0.1, -0.05) is 20.8 Å². The summed E-state index contributed by atoms with van der Waals surface area (Å²) in [4.78, 5) is 14.7. The normalized spacial score (nSPS) is 12.9. The number of rotatable bonds is 5. The average molecular weight is 199 g/mol. The van der Waals surface area contributed by atoms with Crippen molar-refractivity contribution >= 4 is 11.7 Å². The second-order valence-electron chi connectivity index (χ2n) is 4.44. The molecule has 0 atom stereocenters. The van der Waals surface area contributed by atoms with Crippen molar-refractivity contribution in [2.24, 2.45) is 21.9 Å². The fourth-order valence-electron chi connectivity index (χ4n) is 0.848. The summed E-state index contributed by atoms with van der Waals surface area (Å²) in [5, 5.41) is 0. The summed E-state index contributed by atoms with van der Waals surface area (Å²) in [7, 11) is 0. The molecule has 0 radical (unpaired) electrons. The van der Waals surface area contributed by atoms with E-state index in [1.807, 2.05) is 20.8 Å². The van der Waals surface area contributed by atoms with Gasteiger partial charge in [-0.3, -0.25) is 9.79 Å². The summed E-state index contributed by atoms with van der Waals surface area (Å²) < 4.78 is 0. The number of amides is 1. The molecule has 0 unspecified atom stereocenters. The van der Waals surface area contributed by atoms with Gasteiger partial charge < -0.3 is 11.5 Å². The van der Waals surface area contributed by atoms with Crippen LogP contribution in [0.2, 0.25) is 0 Å². The summed E-state index contributed by atoms with van der Waals surface area (Å²) in [5.41, 5.74) is 10.7. The standard InChI is InChI=1S/C10H21N3O/c1-10(2,3)9(12)13-7-5-4-6-8(11)14/h4-7H2,1-3H3,(H2,11,14)(H2,12,13). The number of carbonyl (C=O) groups is 1. The lowest BCUT2D eigenvalue weighted by Crippen LogP contribution is -2.29. The van der Waals surface area contributed by atoms with E-state index in [0.717, 1.165) is 12.8 Å². The lowest BCUT2D eigenvalue weighted by atomic mass is 9.95. The van der Waals surface area contributed by atoms with Gasteiger partial charge in [0.25, 0.3) is 0 Å². The molecule has 0 bridgehead atoms. The van der Waals surface area contributed by atoms with Gasteiger partial charge in [0.2, 0.25) is 5.91 Å². The van der Waals surface area contributed by atoms with Crippen molar-refractivity contribution in [2.75, 3.05) is 6.54 Å². The molecule has 4 nitrogen and oxygen atoms in total. The van der Waals surface area contributed by atoms with Crippen LogP contribution in [0.15, 0.2) is 4.99 Å². The predicted molar refractivity (Wildman–Crippen MR) is 59.0 cm³/mol. The first kappa shape index (κ1) is 12.9. The molecule has 0 aliphatic heterocycles. The largest absolute Gasteiger partial charge is 0.387 e. The van der Waals surface area contributed by atoms with Crippen LogP contribution in [0.25, 0.3) is 0 Å². The molecule has 0 aromatic carbocycles. The zero-order valence-corrected chi connectivity index (χ0v) is 9.34. The van der Waals surface area contributed by atoms with E-state index < -0.39 is 0 Å². The van der Waals surface area contributed by atoms with Gasteiger partial charge in [0.05, 0.1) is 5.84 Å². The molecular weight excluding hydrogens is 178 g/mol. The van der Waals surface area contributed by atoms with Crippen molar-refractivity contribution in [2.45, 2.75) is 40.0 Å². The molecule has 14 heavy (non-hydrogen) atoms. The van der Waals surface area contributed by atoms with Gasteiger partial charge in [0.1, 0.15) is 0 Å². The molecule has 0 rings (SSSR count). The molecule has 0 saturated heterocycles. The number of amidine groups is 1. The van der Waals surface area contributed by atoms with E-state index in [0.29, 0.717) is 18.8 Å². The van der Waals surface area contributed by atoms with Crippen LogP contribution in [0.4, 0.5) is 0 Å². The van der Waals surface area contributed by atoms with Crippen molar-refractivity contribution in [3.8, 4) is 0 Å². The maximum atomic E-state index is 10.4. The van der Waals surface area contributed by atoms with Crippen LogP contribution < -0.4 is 11.5 Å². The highest BCUT2D eigenvalue weighted by Gasteiger charge is 2.14. The Bertz CT molecular complexity index is 216. The van der Waals surface area contributed by atoms with E-state index in [4.69, 9.17) is 11.5 Å². The molecule has 0 spiro atoms. The third kappa shape index (κ3) is 6.46. The summed E-state index contributed by atoms with van der Waals surface area (Å²) in [5.74, 6) is 0.411. The number of hydrogen-bond donors (Lipinski definition) is 2. The summed E-state index contributed by atoms with van der Waals surface area (Å²) in [6.07, 6.45) is 2.08. The molecular formula is C10H21N3O. The molecule has 0 aromatic rings. The number of hydrogen-bond acceptors (Lipinski definition) is 2. The van der Waals surface area contributed by atoms with Crippen molar-refractivity contribution in [3.05, 3.63) is 0 Å². The number of primary amides is 1. The minimum absolute atomic E-state index is 0.0658. The number of unbranched alkanes of at least 4 members (excludes halogenated alkanes) is 1. The number of nitrogens with two attached hydrogens (primary N) is 2. The molecule has 0 aliphatic rings. The Morgan fingerprint density at radius 2 is 1.79 bits per heavy atom. The lowest BCUT2D eigenvalue weighted by Gasteiger charge is -2.17. The number of nitrogens with zero attached hydrogens (tertiary/aromatic N) is 1. The van der Waals surface area contributed by atoms with E-state index in [-0.39, 0.29) is 11.3 Å². The van der Waals surface area contributed by atoms with Crippen LogP contribution in [0, 0.1) is 5.41 Å². The second kappa shape index (κ2) is 5.62. The molecule has 1 amide bonds. The summed E-state index contributed by atoms with van der Waals surface area (Å²) in [6, 6.07) is 0. The Morgan fingerprint density at radius 1 is 1.21 bits per heavy atom. The monoisotopic (exact) mass is 199 g/mol. The van der Waals surface area contributed by atoms with E-state index in [1.165, 1.54) is 0 Å². The van der Waals surface area contributed by atoms with Gasteiger partial charge in [-0.05, 0) is 12.8 Å². The Labute approximate surface area is 85.8 Å². The first-order chi connectivity index (χ1) is 6.34. The molecule has 4 heteroatoms. The Hall–Kier alpha value is -1.06. The topological polar surface area (TPSA) is 81.5 Å². The molecule has 0 aliphatic carbocycles. The maximum Gasteiger partial charge on any atom is 0.217 e. The summed E-state index contributed by atoms with van der Waals surface area (Å²) >= 11 is 0. The Kier molecular flexibility index (Phi) is 5.20. The highest BCUT2D eigenvalue weighted by Crippen LogP contribution is 2.12. The minimum Gasteiger partial charge on any atom is -0.387 e. The zero-order chi connectivity index (χ0) is 11.2. The van der Waals surface area contributed by atoms with Gasteiger partial charge in [-0.2, -0.15) is 0 Å². The van der Waals surface area contributed by atoms with Crippen LogP contribution in [0.5, 0.6) is 0 Å². The molecule has 0 aromatic heterocycles. The SMILES string of the molecule is CC(C)(C)C(N)=NCCCCC(N)=O. The van der Waals surface area contributed by atoms with E-state index in [2.05, 4.69) is 4.99 Å². The molecule has 0 fully saturated rings. The minimum atomic E-state index is -0.252. The van der Waals surface area contributed by atoms with E-state index in [1.54, 1.807) is 0 Å². The third-order valence-corrected chi connectivity index (χ3v) is 1.88. The molecule has 4 N–H and O–H groups in total. The summed E-state index contributed by atoms with van der Waals surface area (Å²) in [6.45, 7) is 6.75. The smallest absolute Gasteiger partial charge is 0.217 e. The van der Waals surface area contributed by atoms with Crippen LogP contribution in [0.1, 0.15) is 40.0 Å².